The van der Waals surface area contributed by atoms with Gasteiger partial charge in [-0.2, -0.15) is 0 Å². The minimum atomic E-state index is -0.560. The van der Waals surface area contributed by atoms with Crippen molar-refractivity contribution in [1.82, 2.24) is 0 Å². The molecule has 0 bridgehead atoms. The van der Waals surface area contributed by atoms with Crippen LogP contribution in [0.25, 0.3) is 0 Å². The number of nitro groups is 1. The largest absolute Gasteiger partial charge is 0.508 e. The number of amides is 1. The van der Waals surface area contributed by atoms with Crippen molar-refractivity contribution in [2.75, 3.05) is 5.32 Å². The fraction of sp³-hybridized carbons (Fsp3) is 0.316. The van der Waals surface area contributed by atoms with Gasteiger partial charge in [0.1, 0.15) is 35.0 Å². The van der Waals surface area contributed by atoms with Crippen molar-refractivity contribution in [2.45, 2.75) is 38.1 Å². The second-order valence-corrected chi connectivity index (χ2v) is 7.24. The molecule has 2 aromatic carbocycles. The van der Waals surface area contributed by atoms with Gasteiger partial charge in [0.25, 0.3) is 5.69 Å². The van der Waals surface area contributed by atoms with Crippen molar-refractivity contribution in [3.63, 3.8) is 0 Å². The summed E-state index contributed by atoms with van der Waals surface area (Å²) in [6, 6.07) is 9.10. The summed E-state index contributed by atoms with van der Waals surface area (Å²) in [5, 5.41) is 23.4. The van der Waals surface area contributed by atoms with Crippen LogP contribution in [0, 0.1) is 10.1 Å². The van der Waals surface area contributed by atoms with E-state index < -0.39 is 16.4 Å². The smallest absolute Gasteiger partial charge is 0.296 e. The minimum Gasteiger partial charge on any atom is -0.508 e. The lowest BCUT2D eigenvalue weighted by Crippen LogP contribution is -2.37. The minimum absolute atomic E-state index is 0.0284. The first-order chi connectivity index (χ1) is 12.7. The Morgan fingerprint density at radius 2 is 2.00 bits per heavy atom. The van der Waals surface area contributed by atoms with E-state index in [1.807, 2.05) is 13.8 Å². The summed E-state index contributed by atoms with van der Waals surface area (Å²) in [6.45, 7) is 3.75. The number of carbonyl (C=O) groups is 1. The molecule has 8 heteroatoms. The van der Waals surface area contributed by atoms with E-state index in [0.29, 0.717) is 16.9 Å². The van der Waals surface area contributed by atoms with Crippen LogP contribution in [0.5, 0.6) is 11.5 Å². The van der Waals surface area contributed by atoms with E-state index in [1.54, 1.807) is 18.2 Å². The third-order valence-electron chi connectivity index (χ3n) is 4.76. The number of benzene rings is 2. The lowest BCUT2D eigenvalue weighted by Gasteiger charge is -2.29. The lowest BCUT2D eigenvalue weighted by molar-refractivity contribution is -0.384. The second-order valence-electron chi connectivity index (χ2n) is 7.24. The Morgan fingerprint density at radius 1 is 1.30 bits per heavy atom. The highest BCUT2D eigenvalue weighted by molar-refractivity contribution is 5.95. The summed E-state index contributed by atoms with van der Waals surface area (Å²) in [4.78, 5) is 23.3. The predicted octanol–water partition coefficient (Wildman–Crippen LogP) is 3.09. The molecule has 0 spiro atoms. The molecule has 1 saturated heterocycles. The number of aromatic hydroxyl groups is 1. The number of rotatable bonds is 4. The molecular formula is C19H18N2O6. The second kappa shape index (κ2) is 5.95. The van der Waals surface area contributed by atoms with E-state index in [-0.39, 0.29) is 35.8 Å². The number of phenolic OH excluding ortho intramolecular Hbond substituents is 1. The van der Waals surface area contributed by atoms with Crippen molar-refractivity contribution < 1.29 is 24.3 Å². The van der Waals surface area contributed by atoms with E-state index in [4.69, 9.17) is 9.47 Å². The Bertz CT molecular complexity index is 938. The highest BCUT2D eigenvalue weighted by Gasteiger charge is 2.57. The maximum atomic E-state index is 12.3. The number of anilines is 1. The summed E-state index contributed by atoms with van der Waals surface area (Å²) in [7, 11) is 0. The van der Waals surface area contributed by atoms with Gasteiger partial charge in [0.2, 0.25) is 5.91 Å². The maximum Gasteiger partial charge on any atom is 0.296 e. The quantitative estimate of drug-likeness (QED) is 0.486. The zero-order valence-electron chi connectivity index (χ0n) is 14.8. The molecule has 2 aliphatic heterocycles. The molecule has 8 nitrogen and oxygen atoms in total. The average molecular weight is 370 g/mol. The van der Waals surface area contributed by atoms with Crippen LogP contribution < -0.4 is 10.1 Å². The van der Waals surface area contributed by atoms with Crippen LogP contribution in [0.1, 0.15) is 31.1 Å². The molecule has 0 radical (unpaired) electrons. The van der Waals surface area contributed by atoms with Crippen LogP contribution in [0.2, 0.25) is 0 Å². The van der Waals surface area contributed by atoms with Crippen LogP contribution in [0.15, 0.2) is 36.4 Å². The van der Waals surface area contributed by atoms with Gasteiger partial charge in [-0.3, -0.25) is 14.9 Å². The number of hydrogen-bond acceptors (Lipinski definition) is 6. The Labute approximate surface area is 154 Å². The first-order valence-corrected chi connectivity index (χ1v) is 8.49. The Hall–Kier alpha value is -3.13. The van der Waals surface area contributed by atoms with Crippen LogP contribution in [0.4, 0.5) is 11.4 Å². The first kappa shape index (κ1) is 17.3. The fourth-order valence-corrected chi connectivity index (χ4v) is 3.36. The van der Waals surface area contributed by atoms with Crippen molar-refractivity contribution in [3.8, 4) is 11.5 Å². The van der Waals surface area contributed by atoms with E-state index >= 15 is 0 Å². The van der Waals surface area contributed by atoms with Crippen molar-refractivity contribution in [3.05, 3.63) is 57.6 Å². The molecule has 2 N–H and O–H groups in total. The summed E-state index contributed by atoms with van der Waals surface area (Å²) in [5.74, 6) is 0.113. The number of nitrogens with zero attached hydrogens (tertiary/aromatic N) is 1. The number of fused-ring (bicyclic) bond motifs is 3. The molecule has 1 fully saturated rings. The van der Waals surface area contributed by atoms with Gasteiger partial charge >= 0.3 is 0 Å². The number of nitrogens with one attached hydrogen (secondary N) is 1. The third-order valence-corrected chi connectivity index (χ3v) is 4.76. The monoisotopic (exact) mass is 370 g/mol. The normalized spacial score (nSPS) is 21.4. The van der Waals surface area contributed by atoms with E-state index in [9.17, 15) is 20.0 Å². The van der Waals surface area contributed by atoms with Gasteiger partial charge in [0.15, 0.2) is 0 Å². The number of epoxide rings is 1. The number of hydrogen-bond donors (Lipinski definition) is 2. The fourth-order valence-electron chi connectivity index (χ4n) is 3.36. The number of nitro benzene ring substituents is 1. The number of carbonyl (C=O) groups excluding carboxylic acids is 1. The average Bonchev–Trinajstić information content (AvgIpc) is 3.39. The Balaban J connectivity index is 1.60. The van der Waals surface area contributed by atoms with Gasteiger partial charge in [-0.05, 0) is 37.6 Å². The highest BCUT2D eigenvalue weighted by Crippen LogP contribution is 2.55. The van der Waals surface area contributed by atoms with Crippen LogP contribution >= 0.6 is 0 Å². The highest BCUT2D eigenvalue weighted by atomic mass is 16.6. The first-order valence-electron chi connectivity index (χ1n) is 8.49. The standard InChI is InChI=1S/C19H18N2O6/c1-19(2)18-17(26-18)12-8-13(14(21(24)25)9-15(12)27-19)20-16(23)7-10-3-5-11(22)6-4-10/h3-6,8-9,17-18,22H,7H2,1-2H3,(H,20,23). The summed E-state index contributed by atoms with van der Waals surface area (Å²) in [5.41, 5.74) is 0.698. The molecule has 0 saturated carbocycles. The molecule has 0 aliphatic carbocycles. The summed E-state index contributed by atoms with van der Waals surface area (Å²) in [6.07, 6.45) is -0.259. The summed E-state index contributed by atoms with van der Waals surface area (Å²) < 4.78 is 11.5. The van der Waals surface area contributed by atoms with Gasteiger partial charge in [-0.15, -0.1) is 0 Å². The molecule has 4 rings (SSSR count). The topological polar surface area (TPSA) is 114 Å². The van der Waals surface area contributed by atoms with Gasteiger partial charge < -0.3 is 19.9 Å². The molecule has 2 heterocycles. The molecule has 0 aromatic heterocycles. The number of ether oxygens (including phenoxy) is 2. The van der Waals surface area contributed by atoms with Gasteiger partial charge in [-0.1, -0.05) is 12.1 Å². The molecule has 2 unspecified atom stereocenters. The van der Waals surface area contributed by atoms with Crippen LogP contribution in [-0.4, -0.2) is 27.6 Å². The van der Waals surface area contributed by atoms with Gasteiger partial charge in [0.05, 0.1) is 17.4 Å². The Kier molecular flexibility index (Phi) is 3.81. The molecule has 140 valence electrons. The van der Waals surface area contributed by atoms with Crippen molar-refractivity contribution in [2.24, 2.45) is 0 Å². The van der Waals surface area contributed by atoms with E-state index in [0.717, 1.165) is 0 Å². The molecule has 2 aromatic rings. The molecule has 27 heavy (non-hydrogen) atoms. The zero-order chi connectivity index (χ0) is 19.3. The number of phenols is 1. The summed E-state index contributed by atoms with van der Waals surface area (Å²) >= 11 is 0. The lowest BCUT2D eigenvalue weighted by atomic mass is 9.93. The SMILES string of the molecule is CC1(C)Oc2cc([N+](=O)[O-])c(NC(=O)Cc3ccc(O)cc3)cc2C2OC21. The van der Waals surface area contributed by atoms with Crippen LogP contribution in [0.3, 0.4) is 0 Å². The van der Waals surface area contributed by atoms with E-state index in [1.165, 1.54) is 18.2 Å². The predicted molar refractivity (Wildman–Crippen MR) is 95.9 cm³/mol. The zero-order valence-corrected chi connectivity index (χ0v) is 14.8. The molecule has 2 aliphatic rings. The van der Waals surface area contributed by atoms with Crippen molar-refractivity contribution in [1.29, 1.82) is 0 Å². The van der Waals surface area contributed by atoms with E-state index in [2.05, 4.69) is 5.32 Å². The van der Waals surface area contributed by atoms with Crippen LogP contribution in [-0.2, 0) is 16.0 Å². The maximum absolute atomic E-state index is 12.3. The molecule has 1 amide bonds. The van der Waals surface area contributed by atoms with Crippen molar-refractivity contribution >= 4 is 17.3 Å². The molecular weight excluding hydrogens is 352 g/mol. The molecule has 2 atom stereocenters. The van der Waals surface area contributed by atoms with Gasteiger partial charge in [0, 0.05) is 5.56 Å². The van der Waals surface area contributed by atoms with Gasteiger partial charge in [-0.25, -0.2) is 0 Å². The Morgan fingerprint density at radius 3 is 2.67 bits per heavy atom. The third kappa shape index (κ3) is 3.19.